The van der Waals surface area contributed by atoms with E-state index in [1.54, 1.807) is 30.5 Å². The van der Waals surface area contributed by atoms with Crippen LogP contribution in [0.4, 0.5) is 5.69 Å². The number of nitrogens with two attached hydrogens (primary N) is 1. The molecule has 1 aliphatic rings. The van der Waals surface area contributed by atoms with Crippen molar-refractivity contribution < 1.29 is 18.4 Å². The lowest BCUT2D eigenvalue weighted by Gasteiger charge is -2.32. The summed E-state index contributed by atoms with van der Waals surface area (Å²) in [5, 5.41) is 0.686. The van der Waals surface area contributed by atoms with Gasteiger partial charge in [-0.05, 0) is 31.5 Å². The molecule has 0 atom stereocenters. The Bertz CT molecular complexity index is 1220. The number of anilines is 1. The first-order valence-electron chi connectivity index (χ1n) is 9.46. The van der Waals surface area contributed by atoms with Crippen LogP contribution in [0.2, 0.25) is 0 Å². The van der Waals surface area contributed by atoms with Gasteiger partial charge >= 0.3 is 0 Å². The Morgan fingerprint density at radius 2 is 1.90 bits per heavy atom. The van der Waals surface area contributed by atoms with Crippen LogP contribution in [0.25, 0.3) is 22.6 Å². The van der Waals surface area contributed by atoms with Crippen molar-refractivity contribution in [3.63, 3.8) is 0 Å². The Labute approximate surface area is 167 Å². The van der Waals surface area contributed by atoms with E-state index in [4.69, 9.17) is 19.3 Å². The number of rotatable bonds is 3. The number of pyridine rings is 1. The summed E-state index contributed by atoms with van der Waals surface area (Å²) in [6.07, 6.45) is 2.22. The van der Waals surface area contributed by atoms with Crippen LogP contribution >= 0.6 is 0 Å². The van der Waals surface area contributed by atoms with Crippen LogP contribution in [-0.4, -0.2) is 16.4 Å². The summed E-state index contributed by atoms with van der Waals surface area (Å²) in [4.78, 5) is 17.7. The lowest BCUT2D eigenvalue weighted by Crippen LogP contribution is -2.32. The van der Waals surface area contributed by atoms with Gasteiger partial charge in [-0.1, -0.05) is 30.3 Å². The molecule has 6 heteroatoms. The summed E-state index contributed by atoms with van der Waals surface area (Å²) in [5.74, 6) is 0.472. The van der Waals surface area contributed by atoms with Gasteiger partial charge in [-0.25, -0.2) is 4.98 Å². The molecule has 4 heterocycles. The molecule has 5 rings (SSSR count). The zero-order chi connectivity index (χ0) is 20.2. The molecule has 0 fully saturated rings. The summed E-state index contributed by atoms with van der Waals surface area (Å²) in [7, 11) is 0. The van der Waals surface area contributed by atoms with E-state index in [0.717, 1.165) is 11.1 Å². The molecule has 0 saturated heterocycles. The predicted molar refractivity (Wildman–Crippen MR) is 109 cm³/mol. The van der Waals surface area contributed by atoms with E-state index in [1.165, 1.54) is 0 Å². The highest BCUT2D eigenvalue weighted by Crippen LogP contribution is 2.42. The predicted octanol–water partition coefficient (Wildman–Crippen LogP) is 4.75. The highest BCUT2D eigenvalue weighted by molar-refractivity contribution is 6.14. The van der Waals surface area contributed by atoms with E-state index in [2.05, 4.69) is 4.98 Å². The van der Waals surface area contributed by atoms with Crippen LogP contribution in [0.1, 0.15) is 41.1 Å². The third-order valence-corrected chi connectivity index (χ3v) is 5.30. The van der Waals surface area contributed by atoms with Gasteiger partial charge in [0.05, 0.1) is 29.5 Å². The minimum Gasteiger partial charge on any atom is -0.463 e. The summed E-state index contributed by atoms with van der Waals surface area (Å²) in [6.45, 7) is 4.44. The summed E-state index contributed by atoms with van der Waals surface area (Å²) in [5.41, 5.74) is 9.81. The topological polar surface area (TPSA) is 91.5 Å². The lowest BCUT2D eigenvalue weighted by molar-refractivity contribution is -0.0395. The highest BCUT2D eigenvalue weighted by Gasteiger charge is 2.34. The Balaban J connectivity index is 1.77. The van der Waals surface area contributed by atoms with Gasteiger partial charge in [0.15, 0.2) is 5.76 Å². The average molecular weight is 388 g/mol. The molecule has 6 nitrogen and oxygen atoms in total. The Kier molecular flexibility index (Phi) is 3.86. The molecule has 2 N–H and O–H groups in total. The fourth-order valence-electron chi connectivity index (χ4n) is 3.87. The fraction of sp³-hybridized carbons (Fsp3) is 0.217. The van der Waals surface area contributed by atoms with Crippen molar-refractivity contribution in [1.82, 2.24) is 4.98 Å². The number of nitrogen functional groups attached to an aromatic ring is 1. The molecule has 0 aliphatic carbocycles. The molecule has 3 aromatic heterocycles. The molecular formula is C23H20N2O4. The standard InChI is InChI=1S/C23H20N2O4/c1-23(2)11-14-15(12-28-23)19(16-9-6-10-27-16)25-22-17(14)18(24)21(29-22)20(26)13-7-4-3-5-8-13/h3-10H,11-12,24H2,1-2H3. The van der Waals surface area contributed by atoms with Crippen LogP contribution in [0.3, 0.4) is 0 Å². The maximum atomic E-state index is 13.0. The monoisotopic (exact) mass is 388 g/mol. The minimum atomic E-state index is -0.366. The number of ether oxygens (including phenoxy) is 1. The number of ketones is 1. The second-order valence-corrected chi connectivity index (χ2v) is 7.84. The van der Waals surface area contributed by atoms with Crippen molar-refractivity contribution in [2.45, 2.75) is 32.5 Å². The third kappa shape index (κ3) is 2.84. The average Bonchev–Trinajstić information content (AvgIpc) is 3.35. The Hall–Kier alpha value is -3.38. The van der Waals surface area contributed by atoms with Gasteiger partial charge in [0.25, 0.3) is 0 Å². The van der Waals surface area contributed by atoms with Crippen molar-refractivity contribution in [1.29, 1.82) is 0 Å². The largest absolute Gasteiger partial charge is 0.463 e. The molecule has 0 radical (unpaired) electrons. The van der Waals surface area contributed by atoms with E-state index in [9.17, 15) is 4.79 Å². The first-order chi connectivity index (χ1) is 13.9. The number of carbonyl (C=O) groups excluding carboxylic acids is 1. The van der Waals surface area contributed by atoms with Crippen molar-refractivity contribution >= 4 is 22.6 Å². The molecule has 0 spiro atoms. The zero-order valence-electron chi connectivity index (χ0n) is 16.2. The first kappa shape index (κ1) is 17.7. The summed E-state index contributed by atoms with van der Waals surface area (Å²) >= 11 is 0. The summed E-state index contributed by atoms with van der Waals surface area (Å²) < 4.78 is 17.5. The first-order valence-corrected chi connectivity index (χ1v) is 9.46. The number of fused-ring (bicyclic) bond motifs is 3. The van der Waals surface area contributed by atoms with Crippen molar-refractivity contribution in [3.8, 4) is 11.5 Å². The van der Waals surface area contributed by atoms with Gasteiger partial charge in [-0.2, -0.15) is 0 Å². The van der Waals surface area contributed by atoms with Crippen molar-refractivity contribution in [2.24, 2.45) is 0 Å². The van der Waals surface area contributed by atoms with E-state index in [-0.39, 0.29) is 17.1 Å². The SMILES string of the molecule is CC1(C)Cc2c(c(-c3ccco3)nc3oc(C(=O)c4ccccc4)c(N)c23)CO1. The maximum Gasteiger partial charge on any atom is 0.230 e. The van der Waals surface area contributed by atoms with E-state index in [1.807, 2.05) is 32.0 Å². The number of benzene rings is 1. The zero-order valence-corrected chi connectivity index (χ0v) is 16.2. The molecular weight excluding hydrogens is 368 g/mol. The molecule has 0 amide bonds. The number of hydrogen-bond donors (Lipinski definition) is 1. The molecule has 4 aromatic rings. The van der Waals surface area contributed by atoms with Crippen molar-refractivity contribution in [2.75, 3.05) is 5.73 Å². The normalized spacial score (nSPS) is 15.4. The smallest absolute Gasteiger partial charge is 0.230 e. The van der Waals surface area contributed by atoms with Gasteiger partial charge < -0.3 is 19.3 Å². The van der Waals surface area contributed by atoms with Gasteiger partial charge in [-0.15, -0.1) is 0 Å². The molecule has 0 saturated carbocycles. The molecule has 0 bridgehead atoms. The summed E-state index contributed by atoms with van der Waals surface area (Å²) in [6, 6.07) is 12.6. The highest BCUT2D eigenvalue weighted by atomic mass is 16.5. The number of hydrogen-bond acceptors (Lipinski definition) is 6. The second-order valence-electron chi connectivity index (χ2n) is 7.84. The van der Waals surface area contributed by atoms with E-state index < -0.39 is 0 Å². The lowest BCUT2D eigenvalue weighted by atomic mass is 9.88. The number of carbonyl (C=O) groups is 1. The molecule has 1 aromatic carbocycles. The van der Waals surface area contributed by atoms with Gasteiger partial charge in [-0.3, -0.25) is 4.79 Å². The number of nitrogens with zero attached hydrogens (tertiary/aromatic N) is 1. The third-order valence-electron chi connectivity index (χ3n) is 5.30. The Morgan fingerprint density at radius 3 is 2.62 bits per heavy atom. The molecule has 0 unspecified atom stereocenters. The Morgan fingerprint density at radius 1 is 1.10 bits per heavy atom. The van der Waals surface area contributed by atoms with Crippen LogP contribution in [0.5, 0.6) is 0 Å². The minimum absolute atomic E-state index is 0.113. The number of furan rings is 2. The van der Waals surface area contributed by atoms with Crippen molar-refractivity contribution in [3.05, 3.63) is 71.2 Å². The number of aromatic nitrogens is 1. The molecule has 1 aliphatic heterocycles. The maximum absolute atomic E-state index is 13.0. The van der Waals surface area contributed by atoms with E-state index >= 15 is 0 Å². The van der Waals surface area contributed by atoms with Gasteiger partial charge in [0.2, 0.25) is 17.3 Å². The van der Waals surface area contributed by atoms with Crippen LogP contribution in [0, 0.1) is 0 Å². The quantitative estimate of drug-likeness (QED) is 0.509. The van der Waals surface area contributed by atoms with Crippen LogP contribution in [-0.2, 0) is 17.8 Å². The van der Waals surface area contributed by atoms with Gasteiger partial charge in [0.1, 0.15) is 5.69 Å². The fourth-order valence-corrected chi connectivity index (χ4v) is 3.87. The van der Waals surface area contributed by atoms with Crippen LogP contribution < -0.4 is 5.73 Å². The van der Waals surface area contributed by atoms with Crippen LogP contribution in [0.15, 0.2) is 57.6 Å². The second kappa shape index (κ2) is 6.32. The van der Waals surface area contributed by atoms with E-state index in [0.29, 0.717) is 46.8 Å². The van der Waals surface area contributed by atoms with Gasteiger partial charge in [0, 0.05) is 17.5 Å². The molecule has 29 heavy (non-hydrogen) atoms. The molecule has 146 valence electrons.